The summed E-state index contributed by atoms with van der Waals surface area (Å²) in [5.41, 5.74) is 0.777. The number of sulfone groups is 1. The van der Waals surface area contributed by atoms with Crippen LogP contribution in [0.15, 0.2) is 29.2 Å². The molecule has 0 saturated heterocycles. The third-order valence-electron chi connectivity index (χ3n) is 2.56. The Labute approximate surface area is 113 Å². The maximum Gasteiger partial charge on any atom is 0.307 e. The summed E-state index contributed by atoms with van der Waals surface area (Å²) < 4.78 is 28.0. The quantitative estimate of drug-likeness (QED) is 0.774. The van der Waals surface area contributed by atoms with E-state index in [2.05, 4.69) is 5.32 Å². The average Bonchev–Trinajstić information content (AvgIpc) is 2.40. The number of ether oxygens (including phenoxy) is 1. The molecule has 6 heteroatoms. The highest BCUT2D eigenvalue weighted by Crippen LogP contribution is 2.15. The van der Waals surface area contributed by atoms with Crippen molar-refractivity contribution in [2.24, 2.45) is 0 Å². The first-order chi connectivity index (χ1) is 8.99. The highest BCUT2D eigenvalue weighted by atomic mass is 32.2. The van der Waals surface area contributed by atoms with Crippen LogP contribution in [0.1, 0.15) is 20.3 Å². The molecule has 0 fully saturated rings. The minimum Gasteiger partial charge on any atom is -0.466 e. The van der Waals surface area contributed by atoms with Crippen LogP contribution in [0, 0.1) is 0 Å². The van der Waals surface area contributed by atoms with Crippen molar-refractivity contribution >= 4 is 21.5 Å². The molecule has 1 N–H and O–H groups in total. The Kier molecular flexibility index (Phi) is 5.82. The van der Waals surface area contributed by atoms with Crippen LogP contribution >= 0.6 is 0 Å². The standard InChI is InChI=1S/C13H19NO4S/c1-3-18-13(15)9-10-14-11-5-7-12(8-6-11)19(16,17)4-2/h5-8,14H,3-4,9-10H2,1-2H3. The van der Waals surface area contributed by atoms with Crippen LogP contribution in [-0.2, 0) is 19.4 Å². The van der Waals surface area contributed by atoms with Gasteiger partial charge in [0.05, 0.1) is 23.7 Å². The van der Waals surface area contributed by atoms with Gasteiger partial charge in [-0.15, -0.1) is 0 Å². The Hall–Kier alpha value is -1.56. The zero-order valence-electron chi connectivity index (χ0n) is 11.2. The number of anilines is 1. The van der Waals surface area contributed by atoms with Gasteiger partial charge in [0, 0.05) is 12.2 Å². The minimum atomic E-state index is -3.16. The van der Waals surface area contributed by atoms with Gasteiger partial charge in [0.2, 0.25) is 0 Å². The van der Waals surface area contributed by atoms with Gasteiger partial charge in [0.15, 0.2) is 9.84 Å². The number of hydrogen-bond donors (Lipinski definition) is 1. The number of carbonyl (C=O) groups excluding carboxylic acids is 1. The van der Waals surface area contributed by atoms with Crippen molar-refractivity contribution in [1.82, 2.24) is 0 Å². The van der Waals surface area contributed by atoms with Crippen LogP contribution in [0.5, 0.6) is 0 Å². The zero-order valence-corrected chi connectivity index (χ0v) is 12.0. The predicted octanol–water partition coefficient (Wildman–Crippen LogP) is 1.85. The fourth-order valence-electron chi connectivity index (χ4n) is 1.49. The molecule has 106 valence electrons. The summed E-state index contributed by atoms with van der Waals surface area (Å²) in [7, 11) is -3.16. The first-order valence-corrected chi connectivity index (χ1v) is 7.87. The van der Waals surface area contributed by atoms with Gasteiger partial charge in [-0.2, -0.15) is 0 Å². The number of nitrogens with one attached hydrogen (secondary N) is 1. The Morgan fingerprint density at radius 1 is 1.21 bits per heavy atom. The van der Waals surface area contributed by atoms with Crippen molar-refractivity contribution in [1.29, 1.82) is 0 Å². The van der Waals surface area contributed by atoms with Gasteiger partial charge in [0.1, 0.15) is 0 Å². The molecule has 0 aliphatic rings. The van der Waals surface area contributed by atoms with Crippen molar-refractivity contribution in [2.45, 2.75) is 25.2 Å². The molecular weight excluding hydrogens is 266 g/mol. The molecule has 0 heterocycles. The topological polar surface area (TPSA) is 72.5 Å². The second-order valence-corrected chi connectivity index (χ2v) is 6.19. The molecule has 0 radical (unpaired) electrons. The number of esters is 1. The first-order valence-electron chi connectivity index (χ1n) is 6.22. The minimum absolute atomic E-state index is 0.0859. The average molecular weight is 285 g/mol. The maximum absolute atomic E-state index is 11.6. The summed E-state index contributed by atoms with van der Waals surface area (Å²) in [5.74, 6) is -0.164. The highest BCUT2D eigenvalue weighted by Gasteiger charge is 2.10. The number of benzene rings is 1. The highest BCUT2D eigenvalue weighted by molar-refractivity contribution is 7.91. The van der Waals surface area contributed by atoms with E-state index in [1.54, 1.807) is 38.1 Å². The molecule has 0 atom stereocenters. The van der Waals surface area contributed by atoms with Gasteiger partial charge in [-0.3, -0.25) is 4.79 Å². The van der Waals surface area contributed by atoms with Crippen molar-refractivity contribution in [2.75, 3.05) is 24.2 Å². The lowest BCUT2D eigenvalue weighted by Gasteiger charge is -2.07. The zero-order chi connectivity index (χ0) is 14.3. The van der Waals surface area contributed by atoms with E-state index in [1.807, 2.05) is 0 Å². The maximum atomic E-state index is 11.6. The van der Waals surface area contributed by atoms with E-state index < -0.39 is 9.84 Å². The summed E-state index contributed by atoms with van der Waals surface area (Å²) >= 11 is 0. The molecule has 1 aromatic carbocycles. The van der Waals surface area contributed by atoms with E-state index in [9.17, 15) is 13.2 Å². The lowest BCUT2D eigenvalue weighted by atomic mass is 10.3. The van der Waals surface area contributed by atoms with E-state index in [0.717, 1.165) is 5.69 Å². The van der Waals surface area contributed by atoms with E-state index >= 15 is 0 Å². The third-order valence-corrected chi connectivity index (χ3v) is 4.31. The normalized spacial score (nSPS) is 11.1. The lowest BCUT2D eigenvalue weighted by Crippen LogP contribution is -2.11. The summed E-state index contributed by atoms with van der Waals surface area (Å²) in [6.45, 7) is 4.21. The van der Waals surface area contributed by atoms with Gasteiger partial charge >= 0.3 is 5.97 Å². The molecule has 0 aliphatic carbocycles. The Bertz CT molecular complexity index is 508. The molecule has 0 unspecified atom stereocenters. The Morgan fingerprint density at radius 2 is 1.84 bits per heavy atom. The molecule has 0 saturated carbocycles. The number of rotatable bonds is 7. The van der Waals surface area contributed by atoms with Gasteiger partial charge in [-0.05, 0) is 31.2 Å². The largest absolute Gasteiger partial charge is 0.466 e. The molecule has 0 bridgehead atoms. The van der Waals surface area contributed by atoms with Crippen LogP contribution in [0.4, 0.5) is 5.69 Å². The molecular formula is C13H19NO4S. The van der Waals surface area contributed by atoms with Crippen LogP contribution in [0.25, 0.3) is 0 Å². The Morgan fingerprint density at radius 3 is 2.37 bits per heavy atom. The second-order valence-electron chi connectivity index (χ2n) is 3.91. The molecule has 19 heavy (non-hydrogen) atoms. The van der Waals surface area contributed by atoms with Gasteiger partial charge in [-0.25, -0.2) is 8.42 Å². The van der Waals surface area contributed by atoms with Crippen LogP contribution in [0.3, 0.4) is 0 Å². The van der Waals surface area contributed by atoms with Gasteiger partial charge in [-0.1, -0.05) is 6.92 Å². The van der Waals surface area contributed by atoms with Crippen LogP contribution < -0.4 is 5.32 Å². The summed E-state index contributed by atoms with van der Waals surface area (Å²) in [6.07, 6.45) is 0.281. The van der Waals surface area contributed by atoms with Crippen LogP contribution in [-0.4, -0.2) is 33.3 Å². The fraction of sp³-hybridized carbons (Fsp3) is 0.462. The lowest BCUT2D eigenvalue weighted by molar-refractivity contribution is -0.142. The molecule has 0 aliphatic heterocycles. The Balaban J connectivity index is 2.52. The van der Waals surface area contributed by atoms with Crippen molar-refractivity contribution in [3.05, 3.63) is 24.3 Å². The summed E-state index contributed by atoms with van der Waals surface area (Å²) in [6, 6.07) is 6.50. The summed E-state index contributed by atoms with van der Waals surface area (Å²) in [4.78, 5) is 11.4. The predicted molar refractivity (Wildman–Crippen MR) is 73.9 cm³/mol. The molecule has 0 spiro atoms. The molecule has 0 amide bonds. The first kappa shape index (κ1) is 15.5. The van der Waals surface area contributed by atoms with E-state index in [1.165, 1.54) is 0 Å². The molecule has 1 rings (SSSR count). The van der Waals surface area contributed by atoms with E-state index in [0.29, 0.717) is 18.0 Å². The monoisotopic (exact) mass is 285 g/mol. The molecule has 5 nitrogen and oxygen atoms in total. The molecule has 1 aromatic rings. The van der Waals surface area contributed by atoms with Crippen molar-refractivity contribution in [3.8, 4) is 0 Å². The summed E-state index contributed by atoms with van der Waals surface area (Å²) in [5, 5.41) is 3.03. The van der Waals surface area contributed by atoms with Gasteiger partial charge in [0.25, 0.3) is 0 Å². The van der Waals surface area contributed by atoms with E-state index in [4.69, 9.17) is 4.74 Å². The van der Waals surface area contributed by atoms with Crippen molar-refractivity contribution < 1.29 is 17.9 Å². The molecule has 0 aromatic heterocycles. The number of hydrogen-bond acceptors (Lipinski definition) is 5. The van der Waals surface area contributed by atoms with Gasteiger partial charge < -0.3 is 10.1 Å². The smallest absolute Gasteiger partial charge is 0.307 e. The van der Waals surface area contributed by atoms with Crippen LogP contribution in [0.2, 0.25) is 0 Å². The third kappa shape index (κ3) is 4.90. The second kappa shape index (κ2) is 7.13. The fourth-order valence-corrected chi connectivity index (χ4v) is 2.37. The van der Waals surface area contributed by atoms with Crippen molar-refractivity contribution in [3.63, 3.8) is 0 Å². The number of carbonyl (C=O) groups is 1. The SMILES string of the molecule is CCOC(=O)CCNc1ccc(S(=O)(=O)CC)cc1. The van der Waals surface area contributed by atoms with E-state index in [-0.39, 0.29) is 18.1 Å².